The fraction of sp³-hybridized carbons (Fsp3) is 0.118. The molecule has 3 aromatic rings. The number of aromatic nitrogens is 2. The Hall–Kier alpha value is -2.67. The maximum atomic E-state index is 12.4. The molecule has 0 bridgehead atoms. The number of nitrogens with zero attached hydrogens (tertiary/aromatic N) is 1. The lowest BCUT2D eigenvalue weighted by Gasteiger charge is -2.09. The van der Waals surface area contributed by atoms with Crippen molar-refractivity contribution in [1.29, 1.82) is 0 Å². The molecule has 1 heterocycles. The fourth-order valence-electron chi connectivity index (χ4n) is 2.39. The fourth-order valence-corrected chi connectivity index (χ4v) is 2.78. The number of carbonyl (C=O) groups is 1. The highest BCUT2D eigenvalue weighted by atomic mass is 79.9. The van der Waals surface area contributed by atoms with Gasteiger partial charge in [-0.3, -0.25) is 19.5 Å². The van der Waals surface area contributed by atoms with Gasteiger partial charge in [0, 0.05) is 10.9 Å². The SMILES string of the molecule is O=C(CCn1[nH]c(=O)c2ccccc2c1=O)Nc1ccccc1Br. The van der Waals surface area contributed by atoms with Crippen LogP contribution in [0.15, 0.2) is 62.6 Å². The Balaban J connectivity index is 1.78. The second-order valence-corrected chi connectivity index (χ2v) is 6.08. The zero-order valence-electron chi connectivity index (χ0n) is 12.6. The third-order valence-electron chi connectivity index (χ3n) is 3.59. The van der Waals surface area contributed by atoms with Gasteiger partial charge in [0.15, 0.2) is 0 Å². The summed E-state index contributed by atoms with van der Waals surface area (Å²) in [6.45, 7) is 0.0925. The monoisotopic (exact) mass is 387 g/mol. The zero-order valence-corrected chi connectivity index (χ0v) is 14.2. The van der Waals surface area contributed by atoms with E-state index < -0.39 is 0 Å². The van der Waals surface area contributed by atoms with E-state index in [9.17, 15) is 14.4 Å². The normalized spacial score (nSPS) is 10.7. The molecule has 6 nitrogen and oxygen atoms in total. The van der Waals surface area contributed by atoms with Crippen LogP contribution in [0.2, 0.25) is 0 Å². The van der Waals surface area contributed by atoms with Crippen LogP contribution in [-0.2, 0) is 11.3 Å². The molecule has 1 aromatic heterocycles. The number of hydrogen-bond donors (Lipinski definition) is 2. The summed E-state index contributed by atoms with van der Waals surface area (Å²) in [5, 5.41) is 5.95. The van der Waals surface area contributed by atoms with Crippen LogP contribution in [0.1, 0.15) is 6.42 Å². The Morgan fingerprint density at radius 3 is 2.46 bits per heavy atom. The smallest absolute Gasteiger partial charge is 0.273 e. The van der Waals surface area contributed by atoms with Gasteiger partial charge in [-0.25, -0.2) is 4.68 Å². The summed E-state index contributed by atoms with van der Waals surface area (Å²) in [7, 11) is 0. The minimum atomic E-state index is -0.351. The van der Waals surface area contributed by atoms with Crippen LogP contribution < -0.4 is 16.4 Å². The van der Waals surface area contributed by atoms with Crippen LogP contribution in [0.3, 0.4) is 0 Å². The molecule has 122 valence electrons. The van der Waals surface area contributed by atoms with Crippen molar-refractivity contribution in [3.8, 4) is 0 Å². The molecule has 0 radical (unpaired) electrons. The van der Waals surface area contributed by atoms with Gasteiger partial charge < -0.3 is 5.32 Å². The average Bonchev–Trinajstić information content (AvgIpc) is 2.59. The van der Waals surface area contributed by atoms with Gasteiger partial charge in [-0.2, -0.15) is 0 Å². The van der Waals surface area contributed by atoms with Gasteiger partial charge in [-0.1, -0.05) is 24.3 Å². The summed E-state index contributed by atoms with van der Waals surface area (Å²) < 4.78 is 1.94. The molecular formula is C17H14BrN3O3. The van der Waals surface area contributed by atoms with Gasteiger partial charge in [0.05, 0.1) is 23.0 Å². The average molecular weight is 388 g/mol. The van der Waals surface area contributed by atoms with E-state index in [1.165, 1.54) is 4.68 Å². The lowest BCUT2D eigenvalue weighted by atomic mass is 10.2. The van der Waals surface area contributed by atoms with Crippen LogP contribution >= 0.6 is 15.9 Å². The number of rotatable bonds is 4. The predicted molar refractivity (Wildman–Crippen MR) is 96.2 cm³/mol. The van der Waals surface area contributed by atoms with Crippen molar-refractivity contribution in [2.45, 2.75) is 13.0 Å². The lowest BCUT2D eigenvalue weighted by Crippen LogP contribution is -2.31. The van der Waals surface area contributed by atoms with Gasteiger partial charge in [0.25, 0.3) is 11.1 Å². The maximum Gasteiger partial charge on any atom is 0.273 e. The summed E-state index contributed by atoms with van der Waals surface area (Å²) in [6, 6.07) is 13.8. The molecule has 0 aliphatic rings. The molecule has 3 rings (SSSR count). The molecule has 0 atom stereocenters. The highest BCUT2D eigenvalue weighted by molar-refractivity contribution is 9.10. The Labute approximate surface area is 145 Å². The molecule has 7 heteroatoms. The topological polar surface area (TPSA) is 84.0 Å². The first-order chi connectivity index (χ1) is 11.6. The first-order valence-corrected chi connectivity index (χ1v) is 8.12. The summed E-state index contributed by atoms with van der Waals surface area (Å²) in [6.07, 6.45) is 0.0650. The maximum absolute atomic E-state index is 12.4. The van der Waals surface area contributed by atoms with E-state index in [1.807, 2.05) is 18.2 Å². The molecule has 0 aliphatic heterocycles. The number of nitrogens with one attached hydrogen (secondary N) is 2. The Morgan fingerprint density at radius 1 is 1.04 bits per heavy atom. The minimum absolute atomic E-state index is 0.0650. The summed E-state index contributed by atoms with van der Waals surface area (Å²) in [5.41, 5.74) is -0.0165. The Morgan fingerprint density at radius 2 is 1.71 bits per heavy atom. The number of aryl methyl sites for hydroxylation is 1. The molecule has 1 amide bonds. The number of hydrogen-bond acceptors (Lipinski definition) is 3. The third kappa shape index (κ3) is 3.30. The van der Waals surface area contributed by atoms with Crippen LogP contribution in [0.4, 0.5) is 5.69 Å². The van der Waals surface area contributed by atoms with Crippen LogP contribution in [0, 0.1) is 0 Å². The standard InChI is InChI=1S/C17H14BrN3O3/c18-13-7-3-4-8-14(13)19-15(22)9-10-21-17(24)12-6-2-1-5-11(12)16(23)20-21/h1-8H,9-10H2,(H,19,22)(H,20,23). The Kier molecular flexibility index (Phi) is 4.61. The van der Waals surface area contributed by atoms with E-state index >= 15 is 0 Å². The number of amides is 1. The van der Waals surface area contributed by atoms with Crippen molar-refractivity contribution < 1.29 is 4.79 Å². The third-order valence-corrected chi connectivity index (χ3v) is 4.29. The minimum Gasteiger partial charge on any atom is -0.325 e. The van der Waals surface area contributed by atoms with Gasteiger partial charge in [0.2, 0.25) is 5.91 Å². The number of para-hydroxylation sites is 1. The van der Waals surface area contributed by atoms with Gasteiger partial charge in [-0.05, 0) is 40.2 Å². The van der Waals surface area contributed by atoms with Crippen molar-refractivity contribution >= 4 is 38.3 Å². The Bertz CT molecular complexity index is 1020. The van der Waals surface area contributed by atoms with E-state index in [0.717, 1.165) is 4.47 Å². The van der Waals surface area contributed by atoms with Gasteiger partial charge in [-0.15, -0.1) is 0 Å². The summed E-state index contributed by atoms with van der Waals surface area (Å²) in [4.78, 5) is 36.4. The lowest BCUT2D eigenvalue weighted by molar-refractivity contribution is -0.116. The second kappa shape index (κ2) is 6.84. The quantitative estimate of drug-likeness (QED) is 0.720. The van der Waals surface area contributed by atoms with Gasteiger partial charge in [0.1, 0.15) is 0 Å². The van der Waals surface area contributed by atoms with Gasteiger partial charge >= 0.3 is 0 Å². The molecule has 24 heavy (non-hydrogen) atoms. The molecule has 2 N–H and O–H groups in total. The van der Waals surface area contributed by atoms with Crippen molar-refractivity contribution in [1.82, 2.24) is 9.78 Å². The highest BCUT2D eigenvalue weighted by Crippen LogP contribution is 2.21. The largest absolute Gasteiger partial charge is 0.325 e. The van der Waals surface area contributed by atoms with Crippen LogP contribution in [-0.4, -0.2) is 15.7 Å². The van der Waals surface area contributed by atoms with Crippen LogP contribution in [0.5, 0.6) is 0 Å². The molecule has 0 saturated carbocycles. The van der Waals surface area contributed by atoms with E-state index in [2.05, 4.69) is 26.3 Å². The summed E-state index contributed by atoms with van der Waals surface area (Å²) >= 11 is 3.35. The molecule has 0 unspecified atom stereocenters. The zero-order chi connectivity index (χ0) is 17.1. The van der Waals surface area contributed by atoms with Crippen molar-refractivity contribution in [3.05, 3.63) is 73.7 Å². The number of H-pyrrole nitrogens is 1. The number of anilines is 1. The highest BCUT2D eigenvalue weighted by Gasteiger charge is 2.09. The van der Waals surface area contributed by atoms with E-state index in [0.29, 0.717) is 16.5 Å². The number of carbonyl (C=O) groups excluding carboxylic acids is 1. The van der Waals surface area contributed by atoms with Crippen molar-refractivity contribution in [2.24, 2.45) is 0 Å². The van der Waals surface area contributed by atoms with Crippen molar-refractivity contribution in [3.63, 3.8) is 0 Å². The first kappa shape index (κ1) is 16.2. The molecule has 2 aromatic carbocycles. The molecule has 0 saturated heterocycles. The molecule has 0 spiro atoms. The van der Waals surface area contributed by atoms with E-state index in [-0.39, 0.29) is 30.0 Å². The number of fused-ring (bicyclic) bond motifs is 1. The molecular weight excluding hydrogens is 374 g/mol. The number of aromatic amines is 1. The number of halogens is 1. The summed E-state index contributed by atoms with van der Waals surface area (Å²) in [5.74, 6) is -0.247. The molecule has 0 fully saturated rings. The predicted octanol–water partition coefficient (Wildman–Crippen LogP) is 2.48. The van der Waals surface area contributed by atoms with Crippen molar-refractivity contribution in [2.75, 3.05) is 5.32 Å². The van der Waals surface area contributed by atoms with E-state index in [4.69, 9.17) is 0 Å². The number of benzene rings is 2. The van der Waals surface area contributed by atoms with E-state index in [1.54, 1.807) is 30.3 Å². The first-order valence-electron chi connectivity index (χ1n) is 7.32. The second-order valence-electron chi connectivity index (χ2n) is 5.22. The molecule has 0 aliphatic carbocycles. The van der Waals surface area contributed by atoms with Crippen LogP contribution in [0.25, 0.3) is 10.8 Å².